The van der Waals surface area contributed by atoms with Crippen LogP contribution in [0, 0.1) is 0 Å². The molecule has 2 heterocycles. The normalized spacial score (nSPS) is 19.6. The van der Waals surface area contributed by atoms with E-state index in [1.54, 1.807) is 6.20 Å². The monoisotopic (exact) mass is 481 g/mol. The zero-order valence-electron chi connectivity index (χ0n) is 18.7. The topological polar surface area (TPSA) is 93.7 Å². The Morgan fingerprint density at radius 1 is 1.06 bits per heavy atom. The minimum atomic E-state index is -4.51. The fourth-order valence-corrected chi connectivity index (χ4v) is 4.27. The second-order valence-electron chi connectivity index (χ2n) is 9.50. The number of hydrogen-bond acceptors (Lipinski definition) is 6. The Kier molecular flexibility index (Phi) is 6.17. The van der Waals surface area contributed by atoms with Gasteiger partial charge in [-0.3, -0.25) is 4.57 Å². The van der Waals surface area contributed by atoms with Gasteiger partial charge in [0.25, 0.3) is 0 Å². The molecule has 0 unspecified atom stereocenters. The van der Waals surface area contributed by atoms with Gasteiger partial charge in [0, 0.05) is 28.3 Å². The summed E-state index contributed by atoms with van der Waals surface area (Å²) in [6.45, 7) is 6.01. The number of hydrogen-bond donors (Lipinski definition) is 3. The molecule has 3 aromatic rings. The van der Waals surface area contributed by atoms with Gasteiger partial charge < -0.3 is 16.4 Å². The van der Waals surface area contributed by atoms with Crippen molar-refractivity contribution in [1.82, 2.24) is 19.5 Å². The molecule has 1 aromatic carbocycles. The van der Waals surface area contributed by atoms with Gasteiger partial charge in [-0.05, 0) is 64.7 Å². The Morgan fingerprint density at radius 2 is 1.76 bits per heavy atom. The Bertz CT molecular complexity index is 1150. The largest absolute Gasteiger partial charge is 0.416 e. The molecule has 0 bridgehead atoms. The summed E-state index contributed by atoms with van der Waals surface area (Å²) >= 11 is 5.98. The van der Waals surface area contributed by atoms with E-state index in [-0.39, 0.29) is 28.3 Å². The molecule has 33 heavy (non-hydrogen) atoms. The molecule has 4 rings (SSSR count). The quantitative estimate of drug-likeness (QED) is 0.430. The first-order chi connectivity index (χ1) is 15.4. The van der Waals surface area contributed by atoms with Crippen LogP contribution < -0.4 is 16.4 Å². The van der Waals surface area contributed by atoms with Gasteiger partial charge in [-0.15, -0.1) is 0 Å². The Morgan fingerprint density at radius 3 is 2.39 bits per heavy atom. The summed E-state index contributed by atoms with van der Waals surface area (Å²) < 4.78 is 41.8. The maximum absolute atomic E-state index is 13.3. The fraction of sp³-hybridized carbons (Fsp3) is 0.500. The molecule has 1 aliphatic rings. The van der Waals surface area contributed by atoms with E-state index in [9.17, 15) is 13.2 Å². The van der Waals surface area contributed by atoms with Crippen LogP contribution in [0.5, 0.6) is 0 Å². The number of nitrogens with two attached hydrogens (primary N) is 1. The number of alkyl halides is 3. The summed E-state index contributed by atoms with van der Waals surface area (Å²) in [6.07, 6.45) is 0.424. The molecule has 1 saturated carbocycles. The van der Waals surface area contributed by atoms with Crippen molar-refractivity contribution in [2.45, 2.75) is 70.3 Å². The van der Waals surface area contributed by atoms with Crippen LogP contribution in [0.15, 0.2) is 24.4 Å². The van der Waals surface area contributed by atoms with E-state index >= 15 is 0 Å². The summed E-state index contributed by atoms with van der Waals surface area (Å²) in [4.78, 5) is 13.7. The Labute approximate surface area is 194 Å². The second-order valence-corrected chi connectivity index (χ2v) is 9.94. The van der Waals surface area contributed by atoms with Crippen molar-refractivity contribution in [1.29, 1.82) is 0 Å². The van der Waals surface area contributed by atoms with Crippen LogP contribution in [-0.4, -0.2) is 31.1 Å². The highest BCUT2D eigenvalue weighted by atomic mass is 35.5. The molecule has 0 aliphatic heterocycles. The van der Waals surface area contributed by atoms with E-state index in [0.717, 1.165) is 37.8 Å². The van der Waals surface area contributed by atoms with E-state index < -0.39 is 11.7 Å². The summed E-state index contributed by atoms with van der Waals surface area (Å²) in [7, 11) is 0. The lowest BCUT2D eigenvalue weighted by molar-refractivity contribution is -0.137. The van der Waals surface area contributed by atoms with Crippen LogP contribution in [0.4, 0.5) is 30.8 Å². The SMILES string of the molecule is CC(C)(C)Nc1ncc2nc(Nc3cc(Cl)cc(C(F)(F)F)c3)n(C3CCC(N)CC3)c2n1. The van der Waals surface area contributed by atoms with Gasteiger partial charge in [-0.25, -0.2) is 9.97 Å². The van der Waals surface area contributed by atoms with Crippen LogP contribution in [0.25, 0.3) is 11.2 Å². The van der Waals surface area contributed by atoms with Crippen LogP contribution in [0.2, 0.25) is 5.02 Å². The molecule has 4 N–H and O–H groups in total. The van der Waals surface area contributed by atoms with Gasteiger partial charge >= 0.3 is 6.18 Å². The van der Waals surface area contributed by atoms with E-state index in [2.05, 4.69) is 20.6 Å². The van der Waals surface area contributed by atoms with E-state index in [4.69, 9.17) is 22.3 Å². The van der Waals surface area contributed by atoms with Crippen LogP contribution in [0.3, 0.4) is 0 Å². The summed E-state index contributed by atoms with van der Waals surface area (Å²) in [5, 5.41) is 6.28. The van der Waals surface area contributed by atoms with Gasteiger partial charge in [-0.1, -0.05) is 11.6 Å². The van der Waals surface area contributed by atoms with Gasteiger partial charge in [0.15, 0.2) is 5.65 Å². The lowest BCUT2D eigenvalue weighted by Gasteiger charge is -2.28. The van der Waals surface area contributed by atoms with Crippen LogP contribution in [-0.2, 0) is 6.18 Å². The number of benzene rings is 1. The molecule has 178 valence electrons. The van der Waals surface area contributed by atoms with E-state index in [0.29, 0.717) is 23.1 Å². The minimum Gasteiger partial charge on any atom is -0.350 e. The average molecular weight is 482 g/mol. The highest BCUT2D eigenvalue weighted by Gasteiger charge is 2.32. The first kappa shape index (κ1) is 23.6. The summed E-state index contributed by atoms with van der Waals surface area (Å²) in [5.74, 6) is 0.848. The van der Waals surface area contributed by atoms with Crippen molar-refractivity contribution in [2.24, 2.45) is 5.73 Å². The number of imidazole rings is 1. The van der Waals surface area contributed by atoms with Gasteiger partial charge in [0.1, 0.15) is 5.52 Å². The Hall–Kier alpha value is -2.59. The molecule has 0 radical (unpaired) electrons. The molecular formula is C22H27ClF3N7. The van der Waals surface area contributed by atoms with Gasteiger partial charge in [0.05, 0.1) is 11.8 Å². The number of fused-ring (bicyclic) bond motifs is 1. The third kappa shape index (κ3) is 5.50. The van der Waals surface area contributed by atoms with Crippen molar-refractivity contribution in [3.63, 3.8) is 0 Å². The zero-order chi connectivity index (χ0) is 24.0. The van der Waals surface area contributed by atoms with E-state index in [1.807, 2.05) is 25.3 Å². The molecule has 1 aliphatic carbocycles. The molecule has 0 saturated heterocycles. The zero-order valence-corrected chi connectivity index (χ0v) is 19.4. The molecule has 11 heteroatoms. The van der Waals surface area contributed by atoms with E-state index in [1.165, 1.54) is 6.07 Å². The highest BCUT2D eigenvalue weighted by Crippen LogP contribution is 2.37. The predicted molar refractivity (Wildman–Crippen MR) is 124 cm³/mol. The van der Waals surface area contributed by atoms with Crippen molar-refractivity contribution in [2.75, 3.05) is 10.6 Å². The van der Waals surface area contributed by atoms with Crippen molar-refractivity contribution < 1.29 is 13.2 Å². The fourth-order valence-electron chi connectivity index (χ4n) is 4.03. The number of anilines is 3. The predicted octanol–water partition coefficient (Wildman–Crippen LogP) is 5.89. The maximum atomic E-state index is 13.3. The number of nitrogens with one attached hydrogen (secondary N) is 2. The lowest BCUT2D eigenvalue weighted by Crippen LogP contribution is -2.29. The molecule has 1 fully saturated rings. The van der Waals surface area contributed by atoms with Crippen LogP contribution >= 0.6 is 11.6 Å². The minimum absolute atomic E-state index is 0.0184. The molecule has 0 amide bonds. The summed E-state index contributed by atoms with van der Waals surface area (Å²) in [6, 6.07) is 3.55. The van der Waals surface area contributed by atoms with Gasteiger partial charge in [-0.2, -0.15) is 18.2 Å². The number of nitrogens with zero attached hydrogens (tertiary/aromatic N) is 4. The van der Waals surface area contributed by atoms with Crippen LogP contribution in [0.1, 0.15) is 58.1 Å². The average Bonchev–Trinajstić information content (AvgIpc) is 3.03. The number of halogens is 4. The van der Waals surface area contributed by atoms with Crippen molar-refractivity contribution >= 4 is 40.3 Å². The third-order valence-electron chi connectivity index (χ3n) is 5.51. The molecular weight excluding hydrogens is 455 g/mol. The molecule has 2 aromatic heterocycles. The van der Waals surface area contributed by atoms with Gasteiger partial charge in [0.2, 0.25) is 11.9 Å². The molecule has 0 atom stereocenters. The van der Waals surface area contributed by atoms with Crippen molar-refractivity contribution in [3.8, 4) is 0 Å². The highest BCUT2D eigenvalue weighted by molar-refractivity contribution is 6.31. The molecule has 0 spiro atoms. The smallest absolute Gasteiger partial charge is 0.350 e. The third-order valence-corrected chi connectivity index (χ3v) is 5.73. The standard InChI is InChI=1S/C22H27ClF3N7/c1-21(2,3)32-19-28-11-17-18(31-19)33(16-6-4-14(27)5-7-16)20(30-17)29-15-9-12(22(24,25)26)8-13(23)10-15/h8-11,14,16H,4-7,27H2,1-3H3,(H,29,30)(H,28,31,32). The number of rotatable bonds is 4. The first-order valence-corrected chi connectivity index (χ1v) is 11.2. The lowest BCUT2D eigenvalue weighted by atomic mass is 9.91. The second kappa shape index (κ2) is 8.64. The number of aromatic nitrogens is 4. The molecule has 7 nitrogen and oxygen atoms in total. The maximum Gasteiger partial charge on any atom is 0.416 e. The first-order valence-electron chi connectivity index (χ1n) is 10.8. The summed E-state index contributed by atoms with van der Waals surface area (Å²) in [5.41, 5.74) is 6.37. The van der Waals surface area contributed by atoms with Crippen molar-refractivity contribution in [3.05, 3.63) is 35.0 Å². The Balaban J connectivity index is 1.79.